The number of rotatable bonds is 2. The third kappa shape index (κ3) is 1.47. The maximum atomic E-state index is 9.18. The molecule has 0 aliphatic carbocycles. The first-order valence-electron chi connectivity index (χ1n) is 3.47. The lowest BCUT2D eigenvalue weighted by Gasteiger charge is -1.98. The first-order valence-corrected chi connectivity index (χ1v) is 3.47. The monoisotopic (exact) mass is 137 g/mol. The summed E-state index contributed by atoms with van der Waals surface area (Å²) in [5.74, 6) is 0.310. The van der Waals surface area contributed by atoms with Crippen molar-refractivity contribution >= 4 is 0 Å². The molecule has 2 heteroatoms. The van der Waals surface area contributed by atoms with Crippen LogP contribution in [0.3, 0.4) is 0 Å². The van der Waals surface area contributed by atoms with E-state index in [-0.39, 0.29) is 0 Å². The highest BCUT2D eigenvalue weighted by molar-refractivity contribution is 5.24. The lowest BCUT2D eigenvalue weighted by Crippen LogP contribution is -1.87. The van der Waals surface area contributed by atoms with E-state index in [9.17, 15) is 5.11 Å². The van der Waals surface area contributed by atoms with E-state index in [4.69, 9.17) is 0 Å². The molecule has 0 unspecified atom stereocenters. The van der Waals surface area contributed by atoms with Crippen LogP contribution in [0, 0.1) is 0 Å². The average molecular weight is 137 g/mol. The van der Waals surface area contributed by atoms with Gasteiger partial charge in [-0.3, -0.25) is 4.98 Å². The van der Waals surface area contributed by atoms with Gasteiger partial charge in [0.1, 0.15) is 5.75 Å². The molecule has 0 saturated heterocycles. The SMILES string of the molecule is CCCc1ncccc1O. The molecule has 10 heavy (non-hydrogen) atoms. The van der Waals surface area contributed by atoms with Gasteiger partial charge in [0.2, 0.25) is 0 Å². The summed E-state index contributed by atoms with van der Waals surface area (Å²) in [5.41, 5.74) is 0.796. The Bertz CT molecular complexity index is 210. The number of hydrogen-bond acceptors (Lipinski definition) is 2. The molecule has 0 amide bonds. The van der Waals surface area contributed by atoms with Crippen molar-refractivity contribution in [1.29, 1.82) is 0 Å². The van der Waals surface area contributed by atoms with Crippen LogP contribution in [0.25, 0.3) is 0 Å². The molecule has 0 fully saturated rings. The fraction of sp³-hybridized carbons (Fsp3) is 0.375. The van der Waals surface area contributed by atoms with Crippen LogP contribution in [-0.2, 0) is 6.42 Å². The minimum absolute atomic E-state index is 0.310. The molecular formula is C8H11NO. The van der Waals surface area contributed by atoms with Gasteiger partial charge >= 0.3 is 0 Å². The molecule has 1 rings (SSSR count). The van der Waals surface area contributed by atoms with Crippen LogP contribution in [0.4, 0.5) is 0 Å². The average Bonchev–Trinajstić information content (AvgIpc) is 1.94. The lowest BCUT2D eigenvalue weighted by molar-refractivity contribution is 0.463. The molecule has 0 spiro atoms. The van der Waals surface area contributed by atoms with E-state index < -0.39 is 0 Å². The Morgan fingerprint density at radius 1 is 1.60 bits per heavy atom. The van der Waals surface area contributed by atoms with Crippen LogP contribution < -0.4 is 0 Å². The second kappa shape index (κ2) is 3.20. The molecule has 54 valence electrons. The van der Waals surface area contributed by atoms with Gasteiger partial charge in [-0.15, -0.1) is 0 Å². The molecule has 0 aliphatic heterocycles. The maximum absolute atomic E-state index is 9.18. The van der Waals surface area contributed by atoms with Crippen molar-refractivity contribution in [2.75, 3.05) is 0 Å². The molecular weight excluding hydrogens is 126 g/mol. The predicted molar refractivity (Wildman–Crippen MR) is 39.9 cm³/mol. The number of pyridine rings is 1. The van der Waals surface area contributed by atoms with Gasteiger partial charge in [-0.25, -0.2) is 0 Å². The van der Waals surface area contributed by atoms with Crippen LogP contribution >= 0.6 is 0 Å². The van der Waals surface area contributed by atoms with Crippen LogP contribution in [0.1, 0.15) is 19.0 Å². The molecule has 1 N–H and O–H groups in total. The maximum Gasteiger partial charge on any atom is 0.137 e. The van der Waals surface area contributed by atoms with Crippen molar-refractivity contribution in [2.24, 2.45) is 0 Å². The molecule has 0 radical (unpaired) electrons. The zero-order valence-electron chi connectivity index (χ0n) is 6.04. The Labute approximate surface area is 60.5 Å². The van der Waals surface area contributed by atoms with Gasteiger partial charge in [-0.1, -0.05) is 13.3 Å². The van der Waals surface area contributed by atoms with Gasteiger partial charge in [-0.05, 0) is 18.6 Å². The van der Waals surface area contributed by atoms with Crippen LogP contribution in [0.15, 0.2) is 18.3 Å². The van der Waals surface area contributed by atoms with Crippen molar-refractivity contribution in [2.45, 2.75) is 19.8 Å². The largest absolute Gasteiger partial charge is 0.506 e. The van der Waals surface area contributed by atoms with Crippen molar-refractivity contribution in [1.82, 2.24) is 4.98 Å². The zero-order valence-corrected chi connectivity index (χ0v) is 6.04. The highest BCUT2D eigenvalue weighted by Gasteiger charge is 1.97. The molecule has 0 atom stereocenters. The van der Waals surface area contributed by atoms with Crippen molar-refractivity contribution in [3.8, 4) is 5.75 Å². The fourth-order valence-corrected chi connectivity index (χ4v) is 0.859. The van der Waals surface area contributed by atoms with Crippen molar-refractivity contribution in [3.63, 3.8) is 0 Å². The third-order valence-corrected chi connectivity index (χ3v) is 1.35. The second-order valence-corrected chi connectivity index (χ2v) is 2.22. The van der Waals surface area contributed by atoms with Crippen LogP contribution in [0.5, 0.6) is 5.75 Å². The number of hydrogen-bond donors (Lipinski definition) is 1. The third-order valence-electron chi connectivity index (χ3n) is 1.35. The molecule has 0 aromatic carbocycles. The molecule has 0 aliphatic rings. The minimum atomic E-state index is 0.310. The molecule has 1 aromatic rings. The molecule has 2 nitrogen and oxygen atoms in total. The molecule has 0 saturated carbocycles. The molecule has 1 aromatic heterocycles. The zero-order chi connectivity index (χ0) is 7.40. The number of aromatic hydroxyl groups is 1. The quantitative estimate of drug-likeness (QED) is 0.673. The summed E-state index contributed by atoms with van der Waals surface area (Å²) in [5, 5.41) is 9.18. The Morgan fingerprint density at radius 2 is 2.40 bits per heavy atom. The summed E-state index contributed by atoms with van der Waals surface area (Å²) in [6.45, 7) is 2.06. The summed E-state index contributed by atoms with van der Waals surface area (Å²) in [6, 6.07) is 3.40. The summed E-state index contributed by atoms with van der Waals surface area (Å²) < 4.78 is 0. The van der Waals surface area contributed by atoms with Crippen LogP contribution in [0.2, 0.25) is 0 Å². The van der Waals surface area contributed by atoms with Gasteiger partial charge in [0.25, 0.3) is 0 Å². The lowest BCUT2D eigenvalue weighted by atomic mass is 10.2. The second-order valence-electron chi connectivity index (χ2n) is 2.22. The van der Waals surface area contributed by atoms with E-state index in [1.165, 1.54) is 0 Å². The Morgan fingerprint density at radius 3 is 3.00 bits per heavy atom. The molecule has 1 heterocycles. The summed E-state index contributed by atoms with van der Waals surface area (Å²) in [4.78, 5) is 4.02. The van der Waals surface area contributed by atoms with Gasteiger partial charge in [-0.2, -0.15) is 0 Å². The number of aryl methyl sites for hydroxylation is 1. The molecule has 0 bridgehead atoms. The van der Waals surface area contributed by atoms with E-state index in [1.54, 1.807) is 18.3 Å². The standard InChI is InChI=1S/C8H11NO/c1-2-4-7-8(10)5-3-6-9-7/h3,5-6,10H,2,4H2,1H3. The topological polar surface area (TPSA) is 33.1 Å². The highest BCUT2D eigenvalue weighted by atomic mass is 16.3. The van der Waals surface area contributed by atoms with E-state index in [2.05, 4.69) is 11.9 Å². The summed E-state index contributed by atoms with van der Waals surface area (Å²) in [6.07, 6.45) is 3.57. The van der Waals surface area contributed by atoms with E-state index >= 15 is 0 Å². The first kappa shape index (κ1) is 7.06. The Balaban J connectivity index is 2.81. The van der Waals surface area contributed by atoms with E-state index in [0.717, 1.165) is 18.5 Å². The normalized spacial score (nSPS) is 9.70. The number of aromatic nitrogens is 1. The van der Waals surface area contributed by atoms with Gasteiger partial charge in [0, 0.05) is 6.20 Å². The van der Waals surface area contributed by atoms with E-state index in [1.807, 2.05) is 0 Å². The Kier molecular flexibility index (Phi) is 2.26. The smallest absolute Gasteiger partial charge is 0.137 e. The first-order chi connectivity index (χ1) is 4.84. The summed E-state index contributed by atoms with van der Waals surface area (Å²) in [7, 11) is 0. The van der Waals surface area contributed by atoms with Crippen molar-refractivity contribution < 1.29 is 5.11 Å². The van der Waals surface area contributed by atoms with E-state index in [0.29, 0.717) is 5.75 Å². The highest BCUT2D eigenvalue weighted by Crippen LogP contribution is 2.13. The van der Waals surface area contributed by atoms with Crippen molar-refractivity contribution in [3.05, 3.63) is 24.0 Å². The minimum Gasteiger partial charge on any atom is -0.506 e. The van der Waals surface area contributed by atoms with Gasteiger partial charge in [0.05, 0.1) is 5.69 Å². The van der Waals surface area contributed by atoms with Gasteiger partial charge < -0.3 is 5.11 Å². The predicted octanol–water partition coefficient (Wildman–Crippen LogP) is 1.74. The Hall–Kier alpha value is -1.05. The number of nitrogens with zero attached hydrogens (tertiary/aromatic N) is 1. The summed E-state index contributed by atoms with van der Waals surface area (Å²) >= 11 is 0. The van der Waals surface area contributed by atoms with Crippen LogP contribution in [-0.4, -0.2) is 10.1 Å². The van der Waals surface area contributed by atoms with Gasteiger partial charge in [0.15, 0.2) is 0 Å². The fourth-order valence-electron chi connectivity index (χ4n) is 0.859.